The summed E-state index contributed by atoms with van der Waals surface area (Å²) >= 11 is 0. The molecule has 1 aliphatic carbocycles. The average molecular weight is 711 g/mol. The lowest BCUT2D eigenvalue weighted by molar-refractivity contribution is -0.192. The van der Waals surface area contributed by atoms with Crippen LogP contribution >= 0.6 is 0 Å². The number of nitrogens with one attached hydrogen (secondary N) is 1. The van der Waals surface area contributed by atoms with Crippen molar-refractivity contribution in [1.29, 1.82) is 0 Å². The first-order valence-electron chi connectivity index (χ1n) is 15.1. The summed E-state index contributed by atoms with van der Waals surface area (Å²) in [7, 11) is -4.27. The second-order valence-electron chi connectivity index (χ2n) is 11.9. The van der Waals surface area contributed by atoms with Gasteiger partial charge in [-0.25, -0.2) is 36.2 Å². The lowest BCUT2D eigenvalue weighted by Gasteiger charge is -2.33. The molecule has 4 aromatic rings. The highest BCUT2D eigenvalue weighted by atomic mass is 32.2. The molecule has 1 saturated heterocycles. The van der Waals surface area contributed by atoms with Crippen molar-refractivity contribution in [2.45, 2.75) is 49.6 Å². The van der Waals surface area contributed by atoms with Crippen molar-refractivity contribution < 1.29 is 44.7 Å². The molecule has 2 aromatic carbocycles. The smallest absolute Gasteiger partial charge is 0.475 e. The quantitative estimate of drug-likeness (QED) is 0.223. The Morgan fingerprint density at radius 3 is 2.27 bits per heavy atom. The first kappa shape index (κ1) is 35.8. The minimum Gasteiger partial charge on any atom is -0.475 e. The van der Waals surface area contributed by atoms with Gasteiger partial charge in [0.05, 0.1) is 0 Å². The number of anilines is 1. The fraction of sp³-hybridized carbons (Fsp3) is 0.344. The number of alkyl halides is 3. The van der Waals surface area contributed by atoms with Gasteiger partial charge in [-0.15, -0.1) is 0 Å². The maximum atomic E-state index is 16.4. The fourth-order valence-corrected chi connectivity index (χ4v) is 7.55. The molecule has 3 heterocycles. The van der Waals surface area contributed by atoms with Gasteiger partial charge in [0, 0.05) is 72.2 Å². The Hall–Kier alpha value is -4.48. The van der Waals surface area contributed by atoms with Crippen molar-refractivity contribution in [3.8, 4) is 28.1 Å². The van der Waals surface area contributed by atoms with Gasteiger partial charge >= 0.3 is 12.1 Å². The number of carboxylic acid groups (broad SMARTS) is 1. The Labute approximate surface area is 277 Å². The molecule has 17 heteroatoms. The molecule has 0 spiro atoms. The molecule has 2 fully saturated rings. The maximum absolute atomic E-state index is 16.4. The molecule has 10 nitrogen and oxygen atoms in total. The first-order valence-corrected chi connectivity index (χ1v) is 16.7. The number of sulfonamides is 1. The van der Waals surface area contributed by atoms with Crippen molar-refractivity contribution >= 4 is 21.7 Å². The third-order valence-electron chi connectivity index (χ3n) is 8.60. The molecule has 0 radical (unpaired) electrons. The molecule has 2 aromatic heterocycles. The number of nitrogens with zero attached hydrogens (tertiary/aromatic N) is 4. The Kier molecular flexibility index (Phi) is 10.1. The molecular formula is C32H32F6N6O4S. The molecule has 49 heavy (non-hydrogen) atoms. The number of aromatic nitrogens is 3. The van der Waals surface area contributed by atoms with E-state index in [0.717, 1.165) is 37.5 Å². The van der Waals surface area contributed by atoms with Gasteiger partial charge in [-0.2, -0.15) is 18.3 Å². The molecule has 1 atom stereocenters. The third-order valence-corrected chi connectivity index (χ3v) is 10.3. The highest BCUT2D eigenvalue weighted by Gasteiger charge is 2.48. The number of piperazine rings is 1. The van der Waals surface area contributed by atoms with Gasteiger partial charge in [0.1, 0.15) is 27.8 Å². The summed E-state index contributed by atoms with van der Waals surface area (Å²) in [5.41, 5.74) is 1.33. The van der Waals surface area contributed by atoms with E-state index in [4.69, 9.17) is 15.0 Å². The van der Waals surface area contributed by atoms with Crippen molar-refractivity contribution in [2.24, 2.45) is 5.14 Å². The summed E-state index contributed by atoms with van der Waals surface area (Å²) in [4.78, 5) is 15.0. The number of hydrogen-bond acceptors (Lipinski definition) is 7. The van der Waals surface area contributed by atoms with Gasteiger partial charge in [0.25, 0.3) is 0 Å². The van der Waals surface area contributed by atoms with E-state index in [2.05, 4.69) is 27.2 Å². The minimum absolute atomic E-state index is 0.0888. The van der Waals surface area contributed by atoms with Crippen LogP contribution < -0.4 is 15.4 Å². The van der Waals surface area contributed by atoms with Crippen LogP contribution in [0.25, 0.3) is 28.1 Å². The number of hydrogen-bond donors (Lipinski definition) is 3. The molecule has 0 unspecified atom stereocenters. The molecule has 4 N–H and O–H groups in total. The van der Waals surface area contributed by atoms with Gasteiger partial charge in [-0.1, -0.05) is 12.8 Å². The monoisotopic (exact) mass is 710 g/mol. The summed E-state index contributed by atoms with van der Waals surface area (Å²) in [6.45, 7) is 4.33. The average Bonchev–Trinajstić information content (AvgIpc) is 3.71. The zero-order valence-corrected chi connectivity index (χ0v) is 26.8. The van der Waals surface area contributed by atoms with E-state index in [-0.39, 0.29) is 47.0 Å². The Morgan fingerprint density at radius 1 is 1.04 bits per heavy atom. The van der Waals surface area contributed by atoms with Crippen LogP contribution in [0.2, 0.25) is 0 Å². The molecule has 262 valence electrons. The molecule has 0 amide bonds. The van der Waals surface area contributed by atoms with Crippen molar-refractivity contribution in [3.05, 3.63) is 84.1 Å². The van der Waals surface area contributed by atoms with Crippen LogP contribution in [0.1, 0.15) is 38.2 Å². The lowest BCUT2D eigenvalue weighted by Crippen LogP contribution is -2.49. The van der Waals surface area contributed by atoms with Crippen LogP contribution in [0, 0.1) is 17.5 Å². The molecule has 2 aliphatic rings. The number of halogens is 6. The third kappa shape index (κ3) is 7.43. The van der Waals surface area contributed by atoms with Crippen LogP contribution in [0.15, 0.2) is 61.1 Å². The second kappa shape index (κ2) is 13.8. The standard InChI is InChI=1S/C30H31F3N6O2S.C2HF3O2/c1-19-17-38(13-12-36-19)22-4-5-27(26(32)16-22)39-18-24(29(37-39)20-6-10-35-11-7-20)23-14-21(31)15-25(28(23)33)30(42(34,40)41)8-2-3-9-30;3-2(4,5)1(6)7/h4-7,10-11,14-16,18-19,36H,2-3,8-9,12-13,17H2,1H3,(H2,34,40,41);(H,6,7)/t19-;/m1./s1. The number of pyridine rings is 1. The predicted octanol–water partition coefficient (Wildman–Crippen LogP) is 5.51. The summed E-state index contributed by atoms with van der Waals surface area (Å²) < 4.78 is 104. The van der Waals surface area contributed by atoms with E-state index in [1.165, 1.54) is 29.3 Å². The van der Waals surface area contributed by atoms with E-state index in [0.29, 0.717) is 18.4 Å². The van der Waals surface area contributed by atoms with Gasteiger partial charge in [0.2, 0.25) is 10.0 Å². The maximum Gasteiger partial charge on any atom is 0.490 e. The molecule has 1 saturated carbocycles. The zero-order valence-electron chi connectivity index (χ0n) is 26.0. The van der Waals surface area contributed by atoms with Crippen LogP contribution in [0.3, 0.4) is 0 Å². The van der Waals surface area contributed by atoms with E-state index in [1.807, 2.05) is 0 Å². The second-order valence-corrected chi connectivity index (χ2v) is 13.7. The SMILES string of the molecule is C[C@@H]1CN(c2ccc(-n3cc(-c4cc(F)cc(C5(S(N)(=O)=O)CCCC5)c4F)c(-c4ccncc4)n3)c(F)c2)CCN1.O=C(O)C(F)(F)F. The first-order chi connectivity index (χ1) is 23.0. The van der Waals surface area contributed by atoms with E-state index in [1.54, 1.807) is 24.3 Å². The number of nitrogens with two attached hydrogens (primary N) is 1. The van der Waals surface area contributed by atoms with Crippen molar-refractivity contribution in [2.75, 3.05) is 24.5 Å². The summed E-state index contributed by atoms with van der Waals surface area (Å²) in [6, 6.07) is 10.3. The zero-order chi connectivity index (χ0) is 35.7. The van der Waals surface area contributed by atoms with Crippen LogP contribution in [0.4, 0.5) is 32.0 Å². The highest BCUT2D eigenvalue weighted by molar-refractivity contribution is 7.90. The largest absolute Gasteiger partial charge is 0.490 e. The lowest BCUT2D eigenvalue weighted by atomic mass is 9.91. The number of benzene rings is 2. The molecular weight excluding hydrogens is 678 g/mol. The van der Waals surface area contributed by atoms with Crippen LogP contribution in [-0.2, 0) is 19.6 Å². The number of carbonyl (C=O) groups is 1. The van der Waals surface area contributed by atoms with E-state index in [9.17, 15) is 21.6 Å². The van der Waals surface area contributed by atoms with Crippen molar-refractivity contribution in [3.63, 3.8) is 0 Å². The molecule has 0 bridgehead atoms. The Bertz CT molecular complexity index is 1950. The fourth-order valence-electron chi connectivity index (χ4n) is 6.23. The van der Waals surface area contributed by atoms with Crippen LogP contribution in [0.5, 0.6) is 0 Å². The van der Waals surface area contributed by atoms with Gasteiger partial charge in [-0.3, -0.25) is 4.98 Å². The number of carboxylic acids is 1. The number of primary sulfonamides is 1. The number of aliphatic carboxylic acids is 1. The summed E-state index contributed by atoms with van der Waals surface area (Å²) in [5.74, 6) is -5.00. The number of rotatable bonds is 6. The summed E-state index contributed by atoms with van der Waals surface area (Å²) in [6.07, 6.45) is 0.625. The summed E-state index contributed by atoms with van der Waals surface area (Å²) in [5, 5.41) is 20.7. The van der Waals surface area contributed by atoms with E-state index < -0.39 is 44.4 Å². The van der Waals surface area contributed by atoms with Gasteiger partial charge in [-0.05, 0) is 62.2 Å². The predicted molar refractivity (Wildman–Crippen MR) is 169 cm³/mol. The molecule has 6 rings (SSSR count). The van der Waals surface area contributed by atoms with Crippen LogP contribution in [-0.4, -0.2) is 66.1 Å². The Balaban J connectivity index is 0.000000606. The van der Waals surface area contributed by atoms with Gasteiger partial charge < -0.3 is 15.3 Å². The normalized spacial score (nSPS) is 17.8. The Morgan fingerprint density at radius 2 is 1.69 bits per heavy atom. The minimum atomic E-state index is -5.08. The molecule has 1 aliphatic heterocycles. The van der Waals surface area contributed by atoms with Gasteiger partial charge in [0.15, 0.2) is 5.82 Å². The topological polar surface area (TPSA) is 143 Å². The van der Waals surface area contributed by atoms with E-state index >= 15 is 13.2 Å². The highest BCUT2D eigenvalue weighted by Crippen LogP contribution is 2.47. The van der Waals surface area contributed by atoms with Crippen molar-refractivity contribution in [1.82, 2.24) is 20.1 Å².